The van der Waals surface area contributed by atoms with Crippen molar-refractivity contribution >= 4 is 22.9 Å². The van der Waals surface area contributed by atoms with Gasteiger partial charge in [0.05, 0.1) is 10.4 Å². The van der Waals surface area contributed by atoms with Crippen LogP contribution in [0.15, 0.2) is 12.1 Å². The smallest absolute Gasteiger partial charge is 0.0931 e. The Morgan fingerprint density at radius 1 is 1.56 bits per heavy atom. The molecule has 2 unspecified atom stereocenters. The maximum atomic E-state index is 8.97. The average Bonchev–Trinajstić information content (AvgIpc) is 2.98. The minimum absolute atomic E-state index is 0.280. The van der Waals surface area contributed by atoms with Crippen molar-refractivity contribution in [2.75, 3.05) is 19.7 Å². The Labute approximate surface area is 118 Å². The van der Waals surface area contributed by atoms with Gasteiger partial charge in [-0.25, -0.2) is 0 Å². The number of rotatable bonds is 6. The summed E-state index contributed by atoms with van der Waals surface area (Å²) in [5, 5.41) is 8.97. The van der Waals surface area contributed by atoms with E-state index in [0.717, 1.165) is 23.7 Å². The summed E-state index contributed by atoms with van der Waals surface area (Å²) in [6.07, 6.45) is 4.39. The first-order chi connectivity index (χ1) is 8.76. The topological polar surface area (TPSA) is 49.5 Å². The number of thiophene rings is 1. The van der Waals surface area contributed by atoms with Crippen molar-refractivity contribution in [2.45, 2.75) is 37.8 Å². The van der Waals surface area contributed by atoms with E-state index in [1.807, 2.05) is 6.07 Å². The largest absolute Gasteiger partial charge is 0.396 e. The maximum Gasteiger partial charge on any atom is 0.0931 e. The average molecular weight is 289 g/mol. The molecule has 3 N–H and O–H groups in total. The summed E-state index contributed by atoms with van der Waals surface area (Å²) in [5.74, 6) is 0. The SMILES string of the molecule is NCC(c1ccc(Cl)s1)N1CCCC1CCCO. The lowest BCUT2D eigenvalue weighted by Crippen LogP contribution is -2.37. The van der Waals surface area contributed by atoms with Crippen molar-refractivity contribution in [3.05, 3.63) is 21.3 Å². The standard InChI is InChI=1S/C13H21ClN2OS/c14-13-6-5-12(18-13)11(9-15)16-7-1-3-10(16)4-2-8-17/h5-6,10-11,17H,1-4,7-9,15H2. The van der Waals surface area contributed by atoms with Crippen LogP contribution in [0.3, 0.4) is 0 Å². The summed E-state index contributed by atoms with van der Waals surface area (Å²) in [6.45, 7) is 2.02. The van der Waals surface area contributed by atoms with E-state index < -0.39 is 0 Å². The molecule has 3 nitrogen and oxygen atoms in total. The summed E-state index contributed by atoms with van der Waals surface area (Å²) in [4.78, 5) is 3.76. The van der Waals surface area contributed by atoms with E-state index >= 15 is 0 Å². The predicted octanol–water partition coefficient (Wildman–Crippen LogP) is 2.64. The fourth-order valence-electron chi connectivity index (χ4n) is 2.83. The third kappa shape index (κ3) is 3.25. The highest BCUT2D eigenvalue weighted by Crippen LogP contribution is 2.35. The molecule has 2 rings (SSSR count). The zero-order valence-electron chi connectivity index (χ0n) is 10.5. The maximum absolute atomic E-state index is 8.97. The molecule has 102 valence electrons. The van der Waals surface area contributed by atoms with Gasteiger partial charge in [0.2, 0.25) is 0 Å². The highest BCUT2D eigenvalue weighted by Gasteiger charge is 2.31. The molecule has 0 bridgehead atoms. The second kappa shape index (κ2) is 6.87. The van der Waals surface area contributed by atoms with Crippen LogP contribution >= 0.6 is 22.9 Å². The number of halogens is 1. The molecule has 1 aliphatic rings. The van der Waals surface area contributed by atoms with Crippen LogP contribution in [-0.4, -0.2) is 35.7 Å². The molecule has 1 fully saturated rings. The van der Waals surface area contributed by atoms with Crippen molar-refractivity contribution in [3.63, 3.8) is 0 Å². The third-order valence-electron chi connectivity index (χ3n) is 3.66. The molecule has 1 aromatic heterocycles. The number of aliphatic hydroxyl groups excluding tert-OH is 1. The van der Waals surface area contributed by atoms with E-state index in [0.29, 0.717) is 12.6 Å². The Morgan fingerprint density at radius 3 is 3.00 bits per heavy atom. The molecule has 0 saturated carbocycles. The zero-order valence-corrected chi connectivity index (χ0v) is 12.1. The normalized spacial score (nSPS) is 22.5. The summed E-state index contributed by atoms with van der Waals surface area (Å²) in [7, 11) is 0. The number of nitrogens with zero attached hydrogens (tertiary/aromatic N) is 1. The van der Waals surface area contributed by atoms with Crippen LogP contribution in [0.4, 0.5) is 0 Å². The van der Waals surface area contributed by atoms with E-state index in [2.05, 4.69) is 11.0 Å². The van der Waals surface area contributed by atoms with Crippen LogP contribution in [0.2, 0.25) is 4.34 Å². The van der Waals surface area contributed by atoms with E-state index in [-0.39, 0.29) is 12.6 Å². The molecule has 18 heavy (non-hydrogen) atoms. The van der Waals surface area contributed by atoms with Crippen LogP contribution in [0, 0.1) is 0 Å². The lowest BCUT2D eigenvalue weighted by atomic mass is 10.1. The zero-order chi connectivity index (χ0) is 13.0. The van der Waals surface area contributed by atoms with Gasteiger partial charge in [-0.2, -0.15) is 0 Å². The quantitative estimate of drug-likeness (QED) is 0.846. The minimum Gasteiger partial charge on any atom is -0.396 e. The fourth-order valence-corrected chi connectivity index (χ4v) is 4.02. The van der Waals surface area contributed by atoms with Crippen LogP contribution in [-0.2, 0) is 0 Å². The first-order valence-corrected chi connectivity index (χ1v) is 7.77. The van der Waals surface area contributed by atoms with Gasteiger partial charge >= 0.3 is 0 Å². The number of likely N-dealkylation sites (tertiary alicyclic amines) is 1. The molecule has 0 aromatic carbocycles. The van der Waals surface area contributed by atoms with Gasteiger partial charge in [-0.05, 0) is 44.4 Å². The molecule has 0 aliphatic carbocycles. The molecule has 0 amide bonds. The lowest BCUT2D eigenvalue weighted by molar-refractivity contribution is 0.167. The van der Waals surface area contributed by atoms with Gasteiger partial charge in [0.25, 0.3) is 0 Å². The van der Waals surface area contributed by atoms with Crippen molar-refractivity contribution in [3.8, 4) is 0 Å². The molecule has 2 atom stereocenters. The molecule has 0 spiro atoms. The van der Waals surface area contributed by atoms with Gasteiger partial charge in [0, 0.05) is 24.1 Å². The number of hydrogen-bond acceptors (Lipinski definition) is 4. The van der Waals surface area contributed by atoms with Crippen LogP contribution < -0.4 is 5.73 Å². The Bertz CT molecular complexity index is 372. The van der Waals surface area contributed by atoms with Crippen LogP contribution in [0.1, 0.15) is 36.6 Å². The third-order valence-corrected chi connectivity index (χ3v) is 5.00. The molecule has 1 aliphatic heterocycles. The van der Waals surface area contributed by atoms with E-state index in [9.17, 15) is 0 Å². The number of hydrogen-bond donors (Lipinski definition) is 2. The summed E-state index contributed by atoms with van der Waals surface area (Å²) >= 11 is 7.64. The Morgan fingerprint density at radius 2 is 2.39 bits per heavy atom. The second-order valence-electron chi connectivity index (χ2n) is 4.79. The first-order valence-electron chi connectivity index (χ1n) is 6.58. The summed E-state index contributed by atoms with van der Waals surface area (Å²) < 4.78 is 0.828. The van der Waals surface area contributed by atoms with E-state index in [1.54, 1.807) is 11.3 Å². The molecule has 2 heterocycles. The van der Waals surface area contributed by atoms with Gasteiger partial charge in [-0.1, -0.05) is 11.6 Å². The van der Waals surface area contributed by atoms with Crippen LogP contribution in [0.25, 0.3) is 0 Å². The number of nitrogens with two attached hydrogens (primary N) is 1. The lowest BCUT2D eigenvalue weighted by Gasteiger charge is -2.31. The Kier molecular flexibility index (Phi) is 5.45. The molecule has 0 radical (unpaired) electrons. The van der Waals surface area contributed by atoms with Crippen molar-refractivity contribution in [1.29, 1.82) is 0 Å². The van der Waals surface area contributed by atoms with Gasteiger partial charge in [-0.3, -0.25) is 4.90 Å². The van der Waals surface area contributed by atoms with Gasteiger partial charge < -0.3 is 10.8 Å². The highest BCUT2D eigenvalue weighted by molar-refractivity contribution is 7.16. The summed E-state index contributed by atoms with van der Waals surface area (Å²) in [6, 6.07) is 4.88. The van der Waals surface area contributed by atoms with Gasteiger partial charge in [0.1, 0.15) is 0 Å². The van der Waals surface area contributed by atoms with Gasteiger partial charge in [-0.15, -0.1) is 11.3 Å². The molecule has 1 saturated heterocycles. The highest BCUT2D eigenvalue weighted by atomic mass is 35.5. The minimum atomic E-state index is 0.280. The molecular weight excluding hydrogens is 268 g/mol. The van der Waals surface area contributed by atoms with Crippen molar-refractivity contribution in [1.82, 2.24) is 4.90 Å². The van der Waals surface area contributed by atoms with Crippen LogP contribution in [0.5, 0.6) is 0 Å². The molecule has 5 heteroatoms. The summed E-state index contributed by atoms with van der Waals surface area (Å²) in [5.41, 5.74) is 5.96. The first kappa shape index (κ1) is 14.3. The van der Waals surface area contributed by atoms with Gasteiger partial charge in [0.15, 0.2) is 0 Å². The van der Waals surface area contributed by atoms with Crippen molar-refractivity contribution in [2.24, 2.45) is 5.73 Å². The van der Waals surface area contributed by atoms with E-state index in [4.69, 9.17) is 22.4 Å². The molecular formula is C13H21ClN2OS. The fraction of sp³-hybridized carbons (Fsp3) is 0.692. The monoisotopic (exact) mass is 288 g/mol. The Balaban J connectivity index is 2.06. The molecule has 1 aromatic rings. The predicted molar refractivity (Wildman–Crippen MR) is 77.2 cm³/mol. The second-order valence-corrected chi connectivity index (χ2v) is 6.54. The Hall–Kier alpha value is -0.130. The van der Waals surface area contributed by atoms with E-state index in [1.165, 1.54) is 17.7 Å². The number of aliphatic hydroxyl groups is 1. The van der Waals surface area contributed by atoms with Crippen molar-refractivity contribution < 1.29 is 5.11 Å².